The third-order valence-corrected chi connectivity index (χ3v) is 6.19. The van der Waals surface area contributed by atoms with Crippen LogP contribution in [0.3, 0.4) is 0 Å². The lowest BCUT2D eigenvalue weighted by Gasteiger charge is -2.17. The fourth-order valence-electron chi connectivity index (χ4n) is 4.02. The number of amides is 1. The summed E-state index contributed by atoms with van der Waals surface area (Å²) in [6.07, 6.45) is 0.698. The van der Waals surface area contributed by atoms with Crippen LogP contribution in [0.1, 0.15) is 11.8 Å². The monoisotopic (exact) mass is 514 g/mol. The number of hydrogen-bond acceptors (Lipinski definition) is 10. The van der Waals surface area contributed by atoms with Crippen molar-refractivity contribution >= 4 is 40.7 Å². The average Bonchev–Trinajstić information content (AvgIpc) is 3.61. The summed E-state index contributed by atoms with van der Waals surface area (Å²) in [6.45, 7) is -0.144. The van der Waals surface area contributed by atoms with E-state index in [-0.39, 0.29) is 5.95 Å². The smallest absolute Gasteiger partial charge is 0.254 e. The van der Waals surface area contributed by atoms with Crippen molar-refractivity contribution in [1.82, 2.24) is 29.3 Å². The number of anilines is 2. The van der Waals surface area contributed by atoms with Crippen LogP contribution in [0.2, 0.25) is 5.02 Å². The van der Waals surface area contributed by atoms with Gasteiger partial charge in [-0.25, -0.2) is 9.67 Å². The molecule has 14 heteroatoms. The van der Waals surface area contributed by atoms with E-state index in [2.05, 4.69) is 25.4 Å². The van der Waals surface area contributed by atoms with E-state index in [1.54, 1.807) is 25.4 Å². The maximum atomic E-state index is 11.8. The Hall–Kier alpha value is -3.62. The number of halogens is 1. The Kier molecular flexibility index (Phi) is 6.55. The molecule has 0 spiro atoms. The Morgan fingerprint density at radius 3 is 2.67 bits per heavy atom. The maximum absolute atomic E-state index is 11.8. The summed E-state index contributed by atoms with van der Waals surface area (Å²) in [5.41, 5.74) is 2.12. The highest BCUT2D eigenvalue weighted by Crippen LogP contribution is 2.32. The Labute approximate surface area is 209 Å². The molecule has 3 aromatic heterocycles. The molecular formula is C22H23ClN8O5. The summed E-state index contributed by atoms with van der Waals surface area (Å²) in [7, 11) is 1.67. The van der Waals surface area contributed by atoms with Crippen LogP contribution < -0.4 is 10.2 Å². The van der Waals surface area contributed by atoms with Crippen LogP contribution in [-0.4, -0.2) is 83.0 Å². The molecule has 4 heterocycles. The van der Waals surface area contributed by atoms with Crippen molar-refractivity contribution in [2.24, 2.45) is 0 Å². The molecule has 1 aliphatic heterocycles. The number of carbonyl (C=O) groups is 1. The van der Waals surface area contributed by atoms with Gasteiger partial charge in [-0.15, -0.1) is 0 Å². The van der Waals surface area contributed by atoms with Crippen LogP contribution in [0.4, 0.5) is 11.5 Å². The highest BCUT2D eigenvalue weighted by atomic mass is 35.5. The topological polar surface area (TPSA) is 164 Å². The van der Waals surface area contributed by atoms with E-state index in [1.165, 1.54) is 26.7 Å². The van der Waals surface area contributed by atoms with Gasteiger partial charge in [-0.1, -0.05) is 23.7 Å². The predicted molar refractivity (Wildman–Crippen MR) is 129 cm³/mol. The molecule has 188 valence electrons. The zero-order valence-electron chi connectivity index (χ0n) is 19.0. The first kappa shape index (κ1) is 24.1. The van der Waals surface area contributed by atoms with Crippen LogP contribution in [0.15, 0.2) is 43.0 Å². The fourth-order valence-corrected chi connectivity index (χ4v) is 4.15. The summed E-state index contributed by atoms with van der Waals surface area (Å²) < 4.78 is 8.51. The molecule has 0 aliphatic carbocycles. The zero-order valence-corrected chi connectivity index (χ0v) is 19.8. The number of nitrogens with zero attached hydrogens (tertiary/aromatic N) is 7. The second-order valence-corrected chi connectivity index (χ2v) is 8.61. The standard InChI is InChI=1S/C22H23ClN8O5/c1-24-19-16-20(30(10-25-16)21-18(35)17(34)15(9-32)36-21)28-22(27-19)31-8-14(6-26-31)29(11-33)7-12-2-4-13(23)5-3-12/h2-6,8,10-11,15,17-18,21,32,34-35H,7,9H2,1H3,(H,24,27,28)/t15-,17-,18-,21-/m1/s1. The van der Waals surface area contributed by atoms with Crippen molar-refractivity contribution in [1.29, 1.82) is 0 Å². The summed E-state index contributed by atoms with van der Waals surface area (Å²) in [6, 6.07) is 7.17. The van der Waals surface area contributed by atoms with Crippen molar-refractivity contribution in [3.05, 3.63) is 53.6 Å². The van der Waals surface area contributed by atoms with E-state index < -0.39 is 31.1 Å². The van der Waals surface area contributed by atoms with Crippen molar-refractivity contribution < 1.29 is 24.9 Å². The lowest BCUT2D eigenvalue weighted by atomic mass is 10.1. The minimum absolute atomic E-state index is 0.170. The van der Waals surface area contributed by atoms with Gasteiger partial charge in [0.05, 0.1) is 37.6 Å². The predicted octanol–water partition coefficient (Wildman–Crippen LogP) is 0.482. The molecule has 5 rings (SSSR count). The van der Waals surface area contributed by atoms with Crippen LogP contribution in [0, 0.1) is 0 Å². The molecule has 4 N–H and O–H groups in total. The summed E-state index contributed by atoms with van der Waals surface area (Å²) >= 11 is 5.94. The number of aliphatic hydroxyl groups is 3. The molecule has 0 saturated carbocycles. The van der Waals surface area contributed by atoms with Crippen molar-refractivity contribution in [3.8, 4) is 5.95 Å². The molecule has 0 unspecified atom stereocenters. The van der Waals surface area contributed by atoms with E-state index in [4.69, 9.17) is 16.3 Å². The number of fused-ring (bicyclic) bond motifs is 1. The minimum Gasteiger partial charge on any atom is -0.394 e. The first-order valence-corrected chi connectivity index (χ1v) is 11.4. The number of rotatable bonds is 8. The fraction of sp³-hybridized carbons (Fsp3) is 0.318. The average molecular weight is 515 g/mol. The van der Waals surface area contributed by atoms with E-state index in [0.29, 0.717) is 40.6 Å². The summed E-state index contributed by atoms with van der Waals surface area (Å²) in [5, 5.41) is 37.9. The number of imidazole rings is 1. The lowest BCUT2D eigenvalue weighted by molar-refractivity contribution is -0.107. The number of hydrogen-bond donors (Lipinski definition) is 4. The molecule has 1 saturated heterocycles. The highest BCUT2D eigenvalue weighted by molar-refractivity contribution is 6.30. The molecule has 4 atom stereocenters. The third kappa shape index (κ3) is 4.27. The van der Waals surface area contributed by atoms with Crippen molar-refractivity contribution in [2.45, 2.75) is 31.1 Å². The molecule has 13 nitrogen and oxygen atoms in total. The first-order valence-electron chi connectivity index (χ1n) is 11.0. The minimum atomic E-state index is -1.30. The van der Waals surface area contributed by atoms with E-state index in [0.717, 1.165) is 5.56 Å². The number of nitrogens with one attached hydrogen (secondary N) is 1. The number of aliphatic hydroxyl groups excluding tert-OH is 3. The van der Waals surface area contributed by atoms with E-state index in [1.807, 2.05) is 12.1 Å². The third-order valence-electron chi connectivity index (χ3n) is 5.94. The van der Waals surface area contributed by atoms with Gasteiger partial charge in [0.25, 0.3) is 5.95 Å². The lowest BCUT2D eigenvalue weighted by Crippen LogP contribution is -2.33. The molecule has 1 aromatic carbocycles. The first-order chi connectivity index (χ1) is 17.4. The zero-order chi connectivity index (χ0) is 25.4. The molecule has 0 bridgehead atoms. The molecule has 1 amide bonds. The number of benzene rings is 1. The second-order valence-electron chi connectivity index (χ2n) is 8.18. The van der Waals surface area contributed by atoms with Crippen molar-refractivity contribution in [3.63, 3.8) is 0 Å². The van der Waals surface area contributed by atoms with Crippen molar-refractivity contribution in [2.75, 3.05) is 23.9 Å². The highest BCUT2D eigenvalue weighted by Gasteiger charge is 2.44. The maximum Gasteiger partial charge on any atom is 0.254 e. The van der Waals surface area contributed by atoms with Gasteiger partial charge in [0, 0.05) is 12.1 Å². The molecule has 4 aromatic rings. The molecule has 1 fully saturated rings. The molecule has 1 aliphatic rings. The second kappa shape index (κ2) is 9.79. The summed E-state index contributed by atoms with van der Waals surface area (Å²) in [5.74, 6) is 0.565. The van der Waals surface area contributed by atoms with E-state index >= 15 is 0 Å². The Bertz CT molecular complexity index is 1380. The van der Waals surface area contributed by atoms with Gasteiger partial charge in [-0.3, -0.25) is 9.36 Å². The number of carbonyl (C=O) groups excluding carboxylic acids is 1. The SMILES string of the molecule is CNc1nc(-n2cc(N(C=O)Cc3ccc(Cl)cc3)cn2)nc2c1ncn2[C@@H]1O[C@H](CO)[C@@H](O)[C@H]1O. The van der Waals surface area contributed by atoms with Crippen LogP contribution in [-0.2, 0) is 16.1 Å². The molecular weight excluding hydrogens is 492 g/mol. The normalized spacial score (nSPS) is 21.7. The van der Waals surface area contributed by atoms with Gasteiger partial charge in [0.1, 0.15) is 18.3 Å². The van der Waals surface area contributed by atoms with Gasteiger partial charge in [0.2, 0.25) is 6.41 Å². The Morgan fingerprint density at radius 2 is 2.00 bits per heavy atom. The van der Waals surface area contributed by atoms with Gasteiger partial charge in [-0.2, -0.15) is 15.1 Å². The Balaban J connectivity index is 1.49. The van der Waals surface area contributed by atoms with Gasteiger partial charge in [0.15, 0.2) is 23.2 Å². The largest absolute Gasteiger partial charge is 0.394 e. The Morgan fingerprint density at radius 1 is 1.22 bits per heavy atom. The van der Waals surface area contributed by atoms with E-state index in [9.17, 15) is 20.1 Å². The number of aromatic nitrogens is 6. The van der Waals surface area contributed by atoms with Crippen LogP contribution >= 0.6 is 11.6 Å². The quantitative estimate of drug-likeness (QED) is 0.243. The van der Waals surface area contributed by atoms with Gasteiger partial charge in [-0.05, 0) is 17.7 Å². The summed E-state index contributed by atoms with van der Waals surface area (Å²) in [4.78, 5) is 26.6. The van der Waals surface area contributed by atoms with Crippen LogP contribution in [0.5, 0.6) is 0 Å². The molecule has 0 radical (unpaired) electrons. The number of ether oxygens (including phenoxy) is 1. The van der Waals surface area contributed by atoms with Gasteiger partial charge >= 0.3 is 0 Å². The van der Waals surface area contributed by atoms with Gasteiger partial charge < -0.3 is 30.3 Å². The van der Waals surface area contributed by atoms with Crippen LogP contribution in [0.25, 0.3) is 17.1 Å². The molecule has 36 heavy (non-hydrogen) atoms.